The molecule has 0 aliphatic rings. The lowest BCUT2D eigenvalue weighted by atomic mass is 10.3. The first-order valence-electron chi connectivity index (χ1n) is 5.80. The predicted octanol–water partition coefficient (Wildman–Crippen LogP) is 2.02. The highest BCUT2D eigenvalue weighted by Gasteiger charge is 2.31. The third kappa shape index (κ3) is 7.51. The van der Waals surface area contributed by atoms with Crippen molar-refractivity contribution in [2.24, 2.45) is 5.73 Å². The molecule has 10 heteroatoms. The van der Waals surface area contributed by atoms with Gasteiger partial charge in [-0.1, -0.05) is 6.07 Å². The zero-order valence-electron chi connectivity index (χ0n) is 10.9. The molecule has 0 saturated carbocycles. The van der Waals surface area contributed by atoms with Gasteiger partial charge < -0.3 is 10.5 Å². The molecule has 0 radical (unpaired) electrons. The molecular weight excluding hydrogens is 333 g/mol. The van der Waals surface area contributed by atoms with E-state index >= 15 is 0 Å². The van der Waals surface area contributed by atoms with E-state index in [0.29, 0.717) is 19.4 Å². The molecule has 3 N–H and O–H groups in total. The zero-order valence-corrected chi connectivity index (χ0v) is 12.5. The summed E-state index contributed by atoms with van der Waals surface area (Å²) in [4.78, 5) is -0.285. The van der Waals surface area contributed by atoms with Crippen LogP contribution in [0.4, 0.5) is 13.2 Å². The van der Waals surface area contributed by atoms with E-state index in [4.69, 9.17) is 5.73 Å². The summed E-state index contributed by atoms with van der Waals surface area (Å²) in [6.07, 6.45) is -3.66. The van der Waals surface area contributed by atoms with Gasteiger partial charge in [-0.05, 0) is 31.5 Å². The van der Waals surface area contributed by atoms with Gasteiger partial charge >= 0.3 is 6.36 Å². The quantitative estimate of drug-likeness (QED) is 0.739. The summed E-state index contributed by atoms with van der Waals surface area (Å²) in [5.74, 6) is -0.581. The molecule has 1 aromatic carbocycles. The summed E-state index contributed by atoms with van der Waals surface area (Å²) in [5, 5.41) is 0. The Morgan fingerprint density at radius 1 is 1.24 bits per heavy atom. The average molecular weight is 349 g/mol. The van der Waals surface area contributed by atoms with Crippen LogP contribution in [-0.2, 0) is 10.0 Å². The number of hydrogen-bond donors (Lipinski definition) is 2. The second kappa shape index (κ2) is 8.42. The molecule has 0 aromatic heterocycles. The van der Waals surface area contributed by atoms with Crippen molar-refractivity contribution in [1.82, 2.24) is 4.72 Å². The van der Waals surface area contributed by atoms with Gasteiger partial charge in [0.25, 0.3) is 0 Å². The first-order chi connectivity index (χ1) is 9.24. The number of halogens is 4. The standard InChI is InChI=1S/C11H15F3N2O3S.ClH/c12-11(13,14)19-9-4-3-5-10(8-9)20(17,18)16-7-2-1-6-15;/h3-5,8,16H,1-2,6-7,15H2;1H. The van der Waals surface area contributed by atoms with Crippen LogP contribution in [0.15, 0.2) is 29.2 Å². The molecule has 0 aliphatic heterocycles. The Labute approximate surface area is 127 Å². The summed E-state index contributed by atoms with van der Waals surface area (Å²) in [7, 11) is -3.86. The van der Waals surface area contributed by atoms with Crippen LogP contribution < -0.4 is 15.2 Å². The molecule has 1 rings (SSSR count). The Bertz CT molecular complexity index is 538. The summed E-state index contributed by atoms with van der Waals surface area (Å²) in [6, 6.07) is 4.21. The van der Waals surface area contributed by atoms with Crippen LogP contribution in [0, 0.1) is 0 Å². The minimum Gasteiger partial charge on any atom is -0.406 e. The van der Waals surface area contributed by atoms with E-state index in [9.17, 15) is 21.6 Å². The van der Waals surface area contributed by atoms with Crippen molar-refractivity contribution in [3.05, 3.63) is 24.3 Å². The molecule has 0 fully saturated rings. The third-order valence-corrected chi connectivity index (χ3v) is 3.73. The van der Waals surface area contributed by atoms with E-state index in [-0.39, 0.29) is 23.8 Å². The van der Waals surface area contributed by atoms with Gasteiger partial charge in [-0.2, -0.15) is 0 Å². The first-order valence-corrected chi connectivity index (χ1v) is 7.28. The molecule has 21 heavy (non-hydrogen) atoms. The number of sulfonamides is 1. The summed E-state index contributed by atoms with van der Waals surface area (Å²) < 4.78 is 65.8. The fourth-order valence-corrected chi connectivity index (χ4v) is 2.51. The number of nitrogens with two attached hydrogens (primary N) is 1. The largest absolute Gasteiger partial charge is 0.573 e. The second-order valence-electron chi connectivity index (χ2n) is 3.92. The van der Waals surface area contributed by atoms with E-state index in [1.54, 1.807) is 0 Å². The number of hydrogen-bond acceptors (Lipinski definition) is 4. The van der Waals surface area contributed by atoms with Crippen molar-refractivity contribution in [1.29, 1.82) is 0 Å². The Balaban J connectivity index is 0.00000400. The number of ether oxygens (including phenoxy) is 1. The third-order valence-electron chi connectivity index (χ3n) is 2.27. The van der Waals surface area contributed by atoms with Gasteiger partial charge in [0.05, 0.1) is 4.90 Å². The molecule has 5 nitrogen and oxygen atoms in total. The molecule has 122 valence electrons. The van der Waals surface area contributed by atoms with E-state index in [0.717, 1.165) is 12.1 Å². The van der Waals surface area contributed by atoms with Crippen molar-refractivity contribution in [3.63, 3.8) is 0 Å². The lowest BCUT2D eigenvalue weighted by Gasteiger charge is -2.11. The molecule has 0 unspecified atom stereocenters. The lowest BCUT2D eigenvalue weighted by Crippen LogP contribution is -2.25. The molecule has 1 aromatic rings. The van der Waals surface area contributed by atoms with Crippen molar-refractivity contribution < 1.29 is 26.3 Å². The Morgan fingerprint density at radius 2 is 1.90 bits per heavy atom. The van der Waals surface area contributed by atoms with Gasteiger partial charge in [0.2, 0.25) is 10.0 Å². The molecule has 0 aliphatic carbocycles. The van der Waals surface area contributed by atoms with E-state index < -0.39 is 22.1 Å². The fraction of sp³-hybridized carbons (Fsp3) is 0.455. The highest BCUT2D eigenvalue weighted by atomic mass is 35.5. The Morgan fingerprint density at radius 3 is 2.48 bits per heavy atom. The van der Waals surface area contributed by atoms with Gasteiger partial charge in [-0.25, -0.2) is 13.1 Å². The highest BCUT2D eigenvalue weighted by Crippen LogP contribution is 2.24. The maximum absolute atomic E-state index is 12.1. The number of rotatable bonds is 7. The van der Waals surface area contributed by atoms with Crippen LogP contribution in [0.1, 0.15) is 12.8 Å². The molecule has 0 atom stereocenters. The SMILES string of the molecule is Cl.NCCCCNS(=O)(=O)c1cccc(OC(F)(F)F)c1. The van der Waals surface area contributed by atoms with Crippen molar-refractivity contribution in [3.8, 4) is 5.75 Å². The number of alkyl halides is 3. The van der Waals surface area contributed by atoms with Crippen LogP contribution in [0.2, 0.25) is 0 Å². The lowest BCUT2D eigenvalue weighted by molar-refractivity contribution is -0.274. The fourth-order valence-electron chi connectivity index (χ4n) is 1.40. The highest BCUT2D eigenvalue weighted by molar-refractivity contribution is 7.89. The molecule has 0 amide bonds. The molecule has 0 saturated heterocycles. The van der Waals surface area contributed by atoms with Crippen molar-refractivity contribution >= 4 is 22.4 Å². The van der Waals surface area contributed by atoms with Gasteiger partial charge in [0.15, 0.2) is 0 Å². The van der Waals surface area contributed by atoms with Crippen LogP contribution in [0.25, 0.3) is 0 Å². The molecule has 0 spiro atoms. The minimum absolute atomic E-state index is 0. The van der Waals surface area contributed by atoms with Crippen LogP contribution >= 0.6 is 12.4 Å². The summed E-state index contributed by atoms with van der Waals surface area (Å²) in [5.41, 5.74) is 5.27. The smallest absolute Gasteiger partial charge is 0.406 e. The minimum atomic E-state index is -4.86. The van der Waals surface area contributed by atoms with Crippen LogP contribution in [-0.4, -0.2) is 27.9 Å². The molecular formula is C11H16ClF3N2O3S. The topological polar surface area (TPSA) is 81.4 Å². The monoisotopic (exact) mass is 348 g/mol. The summed E-state index contributed by atoms with van der Waals surface area (Å²) >= 11 is 0. The van der Waals surface area contributed by atoms with E-state index in [1.165, 1.54) is 12.1 Å². The zero-order chi connectivity index (χ0) is 15.2. The number of nitrogens with one attached hydrogen (secondary N) is 1. The van der Waals surface area contributed by atoms with E-state index in [1.807, 2.05) is 0 Å². The second-order valence-corrected chi connectivity index (χ2v) is 5.68. The van der Waals surface area contributed by atoms with Crippen molar-refractivity contribution in [2.45, 2.75) is 24.1 Å². The van der Waals surface area contributed by atoms with E-state index in [2.05, 4.69) is 9.46 Å². The van der Waals surface area contributed by atoms with Crippen LogP contribution in [0.5, 0.6) is 5.75 Å². The maximum atomic E-state index is 12.1. The number of unbranched alkanes of at least 4 members (excludes halogenated alkanes) is 1. The Kier molecular flexibility index (Phi) is 8.01. The molecule has 0 bridgehead atoms. The predicted molar refractivity (Wildman–Crippen MR) is 73.8 cm³/mol. The Hall–Kier alpha value is -1.03. The number of benzene rings is 1. The first kappa shape index (κ1) is 20.0. The molecule has 0 heterocycles. The van der Waals surface area contributed by atoms with Gasteiger partial charge in [-0.3, -0.25) is 0 Å². The van der Waals surface area contributed by atoms with Crippen LogP contribution in [0.3, 0.4) is 0 Å². The normalized spacial score (nSPS) is 11.8. The summed E-state index contributed by atoms with van der Waals surface area (Å²) in [6.45, 7) is 0.612. The van der Waals surface area contributed by atoms with Gasteiger partial charge in [0, 0.05) is 12.6 Å². The average Bonchev–Trinajstić information content (AvgIpc) is 2.33. The van der Waals surface area contributed by atoms with Crippen molar-refractivity contribution in [2.75, 3.05) is 13.1 Å². The maximum Gasteiger partial charge on any atom is 0.573 e. The van der Waals surface area contributed by atoms with Gasteiger partial charge in [-0.15, -0.1) is 25.6 Å². The van der Waals surface area contributed by atoms with Gasteiger partial charge in [0.1, 0.15) is 5.75 Å².